The molecule has 0 saturated carbocycles. The number of aromatic nitrogens is 1. The van der Waals surface area contributed by atoms with Crippen molar-refractivity contribution in [1.29, 1.82) is 0 Å². The third kappa shape index (κ3) is 4.10. The fourth-order valence-electron chi connectivity index (χ4n) is 2.88. The maximum absolute atomic E-state index is 12.5. The van der Waals surface area contributed by atoms with Gasteiger partial charge in [0, 0.05) is 23.7 Å². The van der Waals surface area contributed by atoms with Gasteiger partial charge in [-0.05, 0) is 30.3 Å². The van der Waals surface area contributed by atoms with E-state index in [-0.39, 0.29) is 11.8 Å². The molecule has 0 atom stereocenters. The molecular weight excluding hydrogens is 402 g/mol. The third-order valence-electron chi connectivity index (χ3n) is 4.29. The monoisotopic (exact) mass is 417 g/mol. The van der Waals surface area contributed by atoms with Crippen LogP contribution >= 0.6 is 34.7 Å². The van der Waals surface area contributed by atoms with Crippen LogP contribution in [0.4, 0.5) is 0 Å². The van der Waals surface area contributed by atoms with E-state index in [1.54, 1.807) is 33.3 Å². The molecule has 0 bridgehead atoms. The zero-order chi connectivity index (χ0) is 18.8. The first-order chi connectivity index (χ1) is 13.1. The van der Waals surface area contributed by atoms with Crippen LogP contribution in [0.1, 0.15) is 10.4 Å². The molecule has 2 heterocycles. The molecule has 3 aromatic rings. The van der Waals surface area contributed by atoms with E-state index in [0.717, 1.165) is 14.6 Å². The second-order valence-corrected chi connectivity index (χ2v) is 8.80. The third-order valence-corrected chi connectivity index (χ3v) is 6.69. The first-order valence-electron chi connectivity index (χ1n) is 8.41. The Balaban J connectivity index is 1.34. The predicted molar refractivity (Wildman–Crippen MR) is 109 cm³/mol. The second kappa shape index (κ2) is 7.88. The van der Waals surface area contributed by atoms with E-state index in [0.29, 0.717) is 36.1 Å². The van der Waals surface area contributed by atoms with Crippen LogP contribution in [-0.4, -0.2) is 52.1 Å². The van der Waals surface area contributed by atoms with Gasteiger partial charge in [-0.2, -0.15) is 0 Å². The van der Waals surface area contributed by atoms with Gasteiger partial charge in [-0.1, -0.05) is 41.6 Å². The lowest BCUT2D eigenvalue weighted by Gasteiger charge is -2.18. The van der Waals surface area contributed by atoms with Crippen LogP contribution < -0.4 is 0 Å². The van der Waals surface area contributed by atoms with Crippen molar-refractivity contribution in [3.63, 3.8) is 0 Å². The van der Waals surface area contributed by atoms with Crippen molar-refractivity contribution in [3.05, 3.63) is 59.1 Å². The molecule has 8 heteroatoms. The summed E-state index contributed by atoms with van der Waals surface area (Å²) in [5.41, 5.74) is 1.50. The number of thioether (sulfide) groups is 1. The number of thiazole rings is 1. The summed E-state index contributed by atoms with van der Waals surface area (Å²) in [5.74, 6) is 0.281. The van der Waals surface area contributed by atoms with Crippen molar-refractivity contribution in [3.8, 4) is 0 Å². The fourth-order valence-corrected chi connectivity index (χ4v) is 5.00. The molecular formula is C19H16ClN3O2S2. The van der Waals surface area contributed by atoms with Gasteiger partial charge >= 0.3 is 0 Å². The topological polar surface area (TPSA) is 53.5 Å². The maximum atomic E-state index is 12.5. The number of rotatable bonds is 4. The van der Waals surface area contributed by atoms with Crippen LogP contribution in [0.25, 0.3) is 10.2 Å². The Labute approximate surface area is 169 Å². The van der Waals surface area contributed by atoms with E-state index in [1.807, 2.05) is 36.4 Å². The summed E-state index contributed by atoms with van der Waals surface area (Å²) < 4.78 is 1.90. The summed E-state index contributed by atoms with van der Waals surface area (Å²) in [6, 6.07) is 14.8. The van der Waals surface area contributed by atoms with Gasteiger partial charge in [0.25, 0.3) is 5.91 Å². The van der Waals surface area contributed by atoms with Crippen LogP contribution in [-0.2, 0) is 4.79 Å². The lowest BCUT2D eigenvalue weighted by atomic mass is 10.2. The minimum atomic E-state index is -0.0402. The number of amides is 2. The van der Waals surface area contributed by atoms with Gasteiger partial charge in [-0.3, -0.25) is 9.59 Å². The fraction of sp³-hybridized carbons (Fsp3) is 0.211. The van der Waals surface area contributed by atoms with Gasteiger partial charge < -0.3 is 9.80 Å². The van der Waals surface area contributed by atoms with E-state index in [1.165, 1.54) is 11.8 Å². The first kappa shape index (κ1) is 18.3. The van der Waals surface area contributed by atoms with Crippen LogP contribution in [0, 0.1) is 0 Å². The van der Waals surface area contributed by atoms with Gasteiger partial charge in [-0.15, -0.1) is 11.3 Å². The Bertz CT molecular complexity index is 993. The van der Waals surface area contributed by atoms with Gasteiger partial charge in [-0.25, -0.2) is 4.98 Å². The smallest absolute Gasteiger partial charge is 0.255 e. The molecule has 0 radical (unpaired) electrons. The molecule has 2 aromatic carbocycles. The van der Waals surface area contributed by atoms with Crippen LogP contribution in [0.15, 0.2) is 52.9 Å². The molecule has 0 unspecified atom stereocenters. The maximum Gasteiger partial charge on any atom is 0.255 e. The Hall–Kier alpha value is -2.09. The highest BCUT2D eigenvalue weighted by molar-refractivity contribution is 8.01. The minimum Gasteiger partial charge on any atom is -0.322 e. The second-order valence-electron chi connectivity index (χ2n) is 6.11. The summed E-state index contributed by atoms with van der Waals surface area (Å²) in [6.45, 7) is 1.46. The van der Waals surface area contributed by atoms with E-state index in [4.69, 9.17) is 11.6 Å². The number of hydrogen-bond donors (Lipinski definition) is 0. The summed E-state index contributed by atoms with van der Waals surface area (Å²) in [6.07, 6.45) is 0. The van der Waals surface area contributed by atoms with E-state index < -0.39 is 0 Å². The average Bonchev–Trinajstić information content (AvgIpc) is 3.33. The molecule has 2 amide bonds. The van der Waals surface area contributed by atoms with Gasteiger partial charge in [0.2, 0.25) is 5.91 Å². The lowest BCUT2D eigenvalue weighted by Crippen LogP contribution is -2.34. The number of carbonyl (C=O) groups excluding carboxylic acids is 2. The summed E-state index contributed by atoms with van der Waals surface area (Å²) in [7, 11) is 0. The number of hydrogen-bond acceptors (Lipinski definition) is 5. The highest BCUT2D eigenvalue weighted by atomic mass is 35.5. The van der Waals surface area contributed by atoms with E-state index in [9.17, 15) is 9.59 Å². The zero-order valence-electron chi connectivity index (χ0n) is 14.3. The number of fused-ring (bicyclic) bond motifs is 1. The normalized spacial score (nSPS) is 14.1. The molecule has 27 heavy (non-hydrogen) atoms. The lowest BCUT2D eigenvalue weighted by molar-refractivity contribution is -0.127. The number of benzene rings is 2. The first-order valence-corrected chi connectivity index (χ1v) is 10.6. The van der Waals surface area contributed by atoms with Gasteiger partial charge in [0.1, 0.15) is 0 Å². The number of carbonyl (C=O) groups is 2. The van der Waals surface area contributed by atoms with Gasteiger partial charge in [0.05, 0.1) is 22.6 Å². The Kier molecular flexibility index (Phi) is 5.33. The summed E-state index contributed by atoms with van der Waals surface area (Å²) >= 11 is 8.96. The highest BCUT2D eigenvalue weighted by Crippen LogP contribution is 2.31. The van der Waals surface area contributed by atoms with Crippen LogP contribution in [0.3, 0.4) is 0 Å². The summed E-state index contributed by atoms with van der Waals surface area (Å²) in [5, 5.41) is 0.653. The molecule has 1 aromatic heterocycles. The molecule has 1 aliphatic rings. The quantitative estimate of drug-likeness (QED) is 0.602. The predicted octanol–water partition coefficient (Wildman–Crippen LogP) is 3.98. The molecule has 1 fully saturated rings. The molecule has 1 saturated heterocycles. The standard InChI is InChI=1S/C19H16ClN3O2S2/c20-14-6-7-16-15(10-14)21-19(27-16)26-11-17(24)22-8-9-23(12-22)18(25)13-4-2-1-3-5-13/h1-7,10H,8-9,11-12H2. The molecule has 1 aliphatic heterocycles. The van der Waals surface area contributed by atoms with Crippen molar-refractivity contribution in [2.75, 3.05) is 25.5 Å². The molecule has 138 valence electrons. The Morgan fingerprint density at radius 2 is 1.89 bits per heavy atom. The largest absolute Gasteiger partial charge is 0.322 e. The van der Waals surface area contributed by atoms with Crippen LogP contribution in [0.2, 0.25) is 5.02 Å². The van der Waals surface area contributed by atoms with Gasteiger partial charge in [0.15, 0.2) is 4.34 Å². The molecule has 0 N–H and O–H groups in total. The average molecular weight is 418 g/mol. The van der Waals surface area contributed by atoms with Crippen molar-refractivity contribution in [1.82, 2.24) is 14.8 Å². The molecule has 4 rings (SSSR count). The Morgan fingerprint density at radius 1 is 1.11 bits per heavy atom. The van der Waals surface area contributed by atoms with Crippen molar-refractivity contribution < 1.29 is 9.59 Å². The highest BCUT2D eigenvalue weighted by Gasteiger charge is 2.28. The Morgan fingerprint density at radius 3 is 2.70 bits per heavy atom. The van der Waals surface area contributed by atoms with Crippen LogP contribution in [0.5, 0.6) is 0 Å². The SMILES string of the molecule is O=C(CSc1nc2cc(Cl)ccc2s1)N1CCN(C(=O)c2ccccc2)C1. The number of halogens is 1. The van der Waals surface area contributed by atoms with E-state index in [2.05, 4.69) is 4.98 Å². The molecule has 5 nitrogen and oxygen atoms in total. The van der Waals surface area contributed by atoms with Crippen molar-refractivity contribution in [2.24, 2.45) is 0 Å². The van der Waals surface area contributed by atoms with Crippen molar-refractivity contribution in [2.45, 2.75) is 4.34 Å². The molecule has 0 spiro atoms. The van der Waals surface area contributed by atoms with E-state index >= 15 is 0 Å². The zero-order valence-corrected chi connectivity index (χ0v) is 16.7. The van der Waals surface area contributed by atoms with Crippen molar-refractivity contribution >= 4 is 56.7 Å². The number of nitrogens with zero attached hydrogens (tertiary/aromatic N) is 3. The molecule has 0 aliphatic carbocycles. The summed E-state index contributed by atoms with van der Waals surface area (Å²) in [4.78, 5) is 32.9. The minimum absolute atomic E-state index is 0.0145.